The maximum Gasteiger partial charge on any atom is 0.230 e. The molecule has 0 fully saturated rings. The van der Waals surface area contributed by atoms with E-state index in [0.717, 1.165) is 11.3 Å². The zero-order valence-electron chi connectivity index (χ0n) is 13.9. The van der Waals surface area contributed by atoms with E-state index in [1.807, 2.05) is 34.9 Å². The number of nitrogens with zero attached hydrogens (tertiary/aromatic N) is 3. The minimum Gasteiger partial charge on any atom is -0.352 e. The van der Waals surface area contributed by atoms with Crippen molar-refractivity contribution in [2.24, 2.45) is 0 Å². The van der Waals surface area contributed by atoms with Gasteiger partial charge in [-0.2, -0.15) is 0 Å². The van der Waals surface area contributed by atoms with Crippen molar-refractivity contribution in [1.29, 1.82) is 0 Å². The summed E-state index contributed by atoms with van der Waals surface area (Å²) in [6.45, 7) is 3.99. The van der Waals surface area contributed by atoms with Crippen LogP contribution < -0.4 is 5.32 Å². The van der Waals surface area contributed by atoms with Crippen LogP contribution in [0.3, 0.4) is 0 Å². The summed E-state index contributed by atoms with van der Waals surface area (Å²) >= 11 is 1.27. The SMILES string of the molecule is C=CCNC(=O)CSc1nnc(-c2ccccc2)n1-c1ccc(F)cc1. The van der Waals surface area contributed by atoms with Gasteiger partial charge in [0.15, 0.2) is 11.0 Å². The molecular formula is C19H17FN4OS. The number of rotatable bonds is 7. The molecule has 1 aromatic heterocycles. The Hall–Kier alpha value is -2.93. The lowest BCUT2D eigenvalue weighted by Crippen LogP contribution is -2.25. The smallest absolute Gasteiger partial charge is 0.230 e. The van der Waals surface area contributed by atoms with Crippen molar-refractivity contribution in [1.82, 2.24) is 20.1 Å². The highest BCUT2D eigenvalue weighted by Crippen LogP contribution is 2.27. The van der Waals surface area contributed by atoms with E-state index in [1.54, 1.807) is 18.2 Å². The van der Waals surface area contributed by atoms with E-state index in [0.29, 0.717) is 17.5 Å². The molecule has 5 nitrogen and oxygen atoms in total. The lowest BCUT2D eigenvalue weighted by atomic mass is 10.2. The first-order valence-corrected chi connectivity index (χ1v) is 8.95. The van der Waals surface area contributed by atoms with E-state index >= 15 is 0 Å². The molecule has 0 aliphatic carbocycles. The first-order chi connectivity index (χ1) is 12.7. The number of amides is 1. The molecule has 26 heavy (non-hydrogen) atoms. The van der Waals surface area contributed by atoms with Gasteiger partial charge in [0.1, 0.15) is 5.82 Å². The molecule has 7 heteroatoms. The summed E-state index contributed by atoms with van der Waals surface area (Å²) in [5.41, 5.74) is 1.61. The van der Waals surface area contributed by atoms with Gasteiger partial charge in [-0.1, -0.05) is 48.2 Å². The highest BCUT2D eigenvalue weighted by molar-refractivity contribution is 7.99. The zero-order chi connectivity index (χ0) is 18.4. The van der Waals surface area contributed by atoms with E-state index in [2.05, 4.69) is 22.1 Å². The van der Waals surface area contributed by atoms with Gasteiger partial charge < -0.3 is 5.32 Å². The van der Waals surface area contributed by atoms with Crippen LogP contribution >= 0.6 is 11.8 Å². The van der Waals surface area contributed by atoms with Gasteiger partial charge in [0.05, 0.1) is 5.75 Å². The number of carbonyl (C=O) groups is 1. The van der Waals surface area contributed by atoms with Crippen molar-refractivity contribution >= 4 is 17.7 Å². The number of carbonyl (C=O) groups excluding carboxylic acids is 1. The zero-order valence-corrected chi connectivity index (χ0v) is 14.7. The Morgan fingerprint density at radius 1 is 1.15 bits per heavy atom. The molecular weight excluding hydrogens is 351 g/mol. The molecule has 0 spiro atoms. The van der Waals surface area contributed by atoms with Crippen LogP contribution in [0.2, 0.25) is 0 Å². The standard InChI is InChI=1S/C19H17FN4OS/c1-2-12-21-17(25)13-26-19-23-22-18(14-6-4-3-5-7-14)24(19)16-10-8-15(20)9-11-16/h2-11H,1,12-13H2,(H,21,25). The number of benzene rings is 2. The summed E-state index contributed by atoms with van der Waals surface area (Å²) in [5.74, 6) is 0.388. The predicted molar refractivity (Wildman–Crippen MR) is 101 cm³/mol. The van der Waals surface area contributed by atoms with Crippen molar-refractivity contribution in [3.05, 3.63) is 73.1 Å². The van der Waals surface area contributed by atoms with Gasteiger partial charge in [0, 0.05) is 17.8 Å². The van der Waals surface area contributed by atoms with Gasteiger partial charge in [0.2, 0.25) is 5.91 Å². The van der Waals surface area contributed by atoms with E-state index in [1.165, 1.54) is 23.9 Å². The quantitative estimate of drug-likeness (QED) is 0.512. The number of aromatic nitrogens is 3. The first kappa shape index (κ1) is 17.9. The summed E-state index contributed by atoms with van der Waals surface area (Å²) in [7, 11) is 0. The molecule has 3 rings (SSSR count). The normalized spacial score (nSPS) is 10.5. The monoisotopic (exact) mass is 368 g/mol. The third-order valence-electron chi connectivity index (χ3n) is 3.53. The van der Waals surface area contributed by atoms with Crippen LogP contribution in [-0.2, 0) is 4.79 Å². The number of hydrogen-bond acceptors (Lipinski definition) is 4. The van der Waals surface area contributed by atoms with Crippen LogP contribution in [0.25, 0.3) is 17.1 Å². The van der Waals surface area contributed by atoms with E-state index < -0.39 is 0 Å². The van der Waals surface area contributed by atoms with Gasteiger partial charge in [-0.3, -0.25) is 9.36 Å². The second-order valence-electron chi connectivity index (χ2n) is 5.37. The fraction of sp³-hybridized carbons (Fsp3) is 0.105. The summed E-state index contributed by atoms with van der Waals surface area (Å²) in [5, 5.41) is 11.8. The highest BCUT2D eigenvalue weighted by Gasteiger charge is 2.17. The minimum atomic E-state index is -0.318. The Morgan fingerprint density at radius 3 is 2.58 bits per heavy atom. The molecule has 1 amide bonds. The maximum absolute atomic E-state index is 13.3. The van der Waals surface area contributed by atoms with Gasteiger partial charge in [0.25, 0.3) is 0 Å². The Kier molecular flexibility index (Phi) is 5.80. The first-order valence-electron chi connectivity index (χ1n) is 7.96. The number of hydrogen-bond donors (Lipinski definition) is 1. The highest BCUT2D eigenvalue weighted by atomic mass is 32.2. The summed E-state index contributed by atoms with van der Waals surface area (Å²) in [6, 6.07) is 15.7. The average Bonchev–Trinajstić information content (AvgIpc) is 3.10. The summed E-state index contributed by atoms with van der Waals surface area (Å²) < 4.78 is 15.1. The molecule has 2 aromatic carbocycles. The second-order valence-corrected chi connectivity index (χ2v) is 6.31. The molecule has 0 atom stereocenters. The van der Waals surface area contributed by atoms with E-state index in [9.17, 15) is 9.18 Å². The van der Waals surface area contributed by atoms with Crippen LogP contribution in [0, 0.1) is 5.82 Å². The molecule has 0 saturated carbocycles. The molecule has 0 radical (unpaired) electrons. The van der Waals surface area contributed by atoms with Crippen LogP contribution in [0.4, 0.5) is 4.39 Å². The lowest BCUT2D eigenvalue weighted by molar-refractivity contribution is -0.118. The third-order valence-corrected chi connectivity index (χ3v) is 4.46. The average molecular weight is 368 g/mol. The Bertz CT molecular complexity index is 894. The fourth-order valence-electron chi connectivity index (χ4n) is 2.33. The van der Waals surface area contributed by atoms with E-state index in [-0.39, 0.29) is 17.5 Å². The largest absolute Gasteiger partial charge is 0.352 e. The van der Waals surface area contributed by atoms with Crippen LogP contribution in [-0.4, -0.2) is 33.0 Å². The van der Waals surface area contributed by atoms with Crippen molar-refractivity contribution in [2.75, 3.05) is 12.3 Å². The van der Waals surface area contributed by atoms with Crippen LogP contribution in [0.1, 0.15) is 0 Å². The van der Waals surface area contributed by atoms with Crippen molar-refractivity contribution in [2.45, 2.75) is 5.16 Å². The van der Waals surface area contributed by atoms with Gasteiger partial charge >= 0.3 is 0 Å². The number of halogens is 1. The minimum absolute atomic E-state index is 0.121. The lowest BCUT2D eigenvalue weighted by Gasteiger charge is -2.10. The molecule has 132 valence electrons. The fourth-order valence-corrected chi connectivity index (χ4v) is 3.11. The summed E-state index contributed by atoms with van der Waals surface area (Å²) in [6.07, 6.45) is 1.62. The van der Waals surface area contributed by atoms with Crippen molar-refractivity contribution < 1.29 is 9.18 Å². The predicted octanol–water partition coefficient (Wildman–Crippen LogP) is 3.47. The van der Waals surface area contributed by atoms with E-state index in [4.69, 9.17) is 0 Å². The van der Waals surface area contributed by atoms with Crippen LogP contribution in [0.15, 0.2) is 72.4 Å². The van der Waals surface area contributed by atoms with Gasteiger partial charge in [-0.05, 0) is 24.3 Å². The molecule has 0 unspecified atom stereocenters. The Labute approximate surface area is 155 Å². The summed E-state index contributed by atoms with van der Waals surface area (Å²) in [4.78, 5) is 11.9. The Balaban J connectivity index is 1.94. The maximum atomic E-state index is 13.3. The van der Waals surface area contributed by atoms with Crippen LogP contribution in [0.5, 0.6) is 0 Å². The van der Waals surface area contributed by atoms with Crippen molar-refractivity contribution in [3.8, 4) is 17.1 Å². The Morgan fingerprint density at radius 2 is 1.88 bits per heavy atom. The van der Waals surface area contributed by atoms with Crippen molar-refractivity contribution in [3.63, 3.8) is 0 Å². The van der Waals surface area contributed by atoms with Gasteiger partial charge in [-0.25, -0.2) is 4.39 Å². The molecule has 0 aliphatic rings. The number of thioether (sulfide) groups is 1. The topological polar surface area (TPSA) is 59.8 Å². The molecule has 1 N–H and O–H groups in total. The number of nitrogens with one attached hydrogen (secondary N) is 1. The molecule has 0 aliphatic heterocycles. The molecule has 0 bridgehead atoms. The molecule has 1 heterocycles. The molecule has 0 saturated heterocycles. The third kappa shape index (κ3) is 4.18. The second kappa shape index (κ2) is 8.44. The van der Waals surface area contributed by atoms with Gasteiger partial charge in [-0.15, -0.1) is 16.8 Å². The molecule has 3 aromatic rings.